The van der Waals surface area contributed by atoms with Gasteiger partial charge in [-0.15, -0.1) is 0 Å². The average Bonchev–Trinajstić information content (AvgIpc) is 2.05. The topological polar surface area (TPSA) is 26.3 Å². The molecule has 0 aliphatic rings. The molecule has 0 aromatic heterocycles. The number of rotatable bonds is 1. The van der Waals surface area contributed by atoms with E-state index in [0.29, 0.717) is 5.56 Å². The van der Waals surface area contributed by atoms with Crippen LogP contribution in [0.2, 0.25) is 0 Å². The van der Waals surface area contributed by atoms with Crippen molar-refractivity contribution in [3.05, 3.63) is 35.9 Å². The molecule has 0 amide bonds. The van der Waals surface area contributed by atoms with Crippen molar-refractivity contribution in [2.45, 2.75) is 0 Å². The van der Waals surface area contributed by atoms with Gasteiger partial charge in [0.05, 0.1) is 5.56 Å². The van der Waals surface area contributed by atoms with Crippen LogP contribution in [-0.2, 0) is 4.29 Å². The Labute approximate surface area is 93.4 Å². The minimum absolute atomic E-state index is 0. The molecule has 0 atom stereocenters. The van der Waals surface area contributed by atoms with Crippen LogP contribution < -0.4 is 29.6 Å². The largest absolute Gasteiger partial charge is 1.00 e. The maximum Gasteiger partial charge on any atom is 1.00 e. The smallest absolute Gasteiger partial charge is 1.00 e. The summed E-state index contributed by atoms with van der Waals surface area (Å²) in [7, 11) is 0. The van der Waals surface area contributed by atoms with Crippen LogP contribution in [-0.4, -0.2) is 5.97 Å². The maximum atomic E-state index is 10.7. The monoisotopic (exact) mass is 180 g/mol. The second-order valence-corrected chi connectivity index (χ2v) is 1.88. The standard InChI is InChI=1S/C7H5ClO2.Na.H/c8-10-7(9)6-4-2-1-3-5-6;;/h1-5H;;/q;+1;-1. The number of hydrogen-bond acceptors (Lipinski definition) is 2. The zero-order chi connectivity index (χ0) is 7.40. The Balaban J connectivity index is 0. The van der Waals surface area contributed by atoms with Gasteiger partial charge in [-0.3, -0.25) is 0 Å². The summed E-state index contributed by atoms with van der Waals surface area (Å²) in [4.78, 5) is 10.7. The first kappa shape index (κ1) is 11.0. The molecule has 0 aliphatic carbocycles. The van der Waals surface area contributed by atoms with Crippen molar-refractivity contribution in [3.8, 4) is 0 Å². The number of carbonyl (C=O) groups is 1. The van der Waals surface area contributed by atoms with Gasteiger partial charge in [-0.1, -0.05) is 18.2 Å². The van der Waals surface area contributed by atoms with Crippen molar-refractivity contribution in [2.24, 2.45) is 0 Å². The number of halogens is 1. The number of carbonyl (C=O) groups excluding carboxylic acids is 1. The van der Waals surface area contributed by atoms with Crippen molar-refractivity contribution in [2.75, 3.05) is 0 Å². The van der Waals surface area contributed by atoms with Gasteiger partial charge in [0.2, 0.25) is 0 Å². The molecule has 0 bridgehead atoms. The normalized spacial score (nSPS) is 8.09. The van der Waals surface area contributed by atoms with E-state index in [2.05, 4.69) is 4.29 Å². The van der Waals surface area contributed by atoms with Crippen molar-refractivity contribution in [1.29, 1.82) is 0 Å². The van der Waals surface area contributed by atoms with Crippen molar-refractivity contribution in [1.82, 2.24) is 0 Å². The van der Waals surface area contributed by atoms with E-state index >= 15 is 0 Å². The Morgan fingerprint density at radius 3 is 2.36 bits per heavy atom. The second-order valence-electron chi connectivity index (χ2n) is 1.73. The fourth-order valence-corrected chi connectivity index (χ4v) is 0.708. The van der Waals surface area contributed by atoms with E-state index in [1.54, 1.807) is 24.3 Å². The molecule has 0 saturated carbocycles. The van der Waals surface area contributed by atoms with Gasteiger partial charge in [0, 0.05) is 0 Å². The summed E-state index contributed by atoms with van der Waals surface area (Å²) in [6.07, 6.45) is 0. The Morgan fingerprint density at radius 2 is 1.91 bits per heavy atom. The van der Waals surface area contributed by atoms with Gasteiger partial charge < -0.3 is 5.72 Å². The van der Waals surface area contributed by atoms with Crippen LogP contribution in [0.4, 0.5) is 0 Å². The zero-order valence-electron chi connectivity index (χ0n) is 7.08. The van der Waals surface area contributed by atoms with Crippen LogP contribution in [0.15, 0.2) is 30.3 Å². The molecule has 0 radical (unpaired) electrons. The third-order valence-electron chi connectivity index (χ3n) is 1.08. The summed E-state index contributed by atoms with van der Waals surface area (Å²) in [6.45, 7) is 0. The average molecular weight is 181 g/mol. The summed E-state index contributed by atoms with van der Waals surface area (Å²) in [5, 5.41) is 0. The Hall–Kier alpha value is -0.0200. The van der Waals surface area contributed by atoms with Crippen LogP contribution >= 0.6 is 11.9 Å². The summed E-state index contributed by atoms with van der Waals surface area (Å²) in [6, 6.07) is 8.55. The fourth-order valence-electron chi connectivity index (χ4n) is 0.619. The van der Waals surface area contributed by atoms with Crippen LogP contribution in [0.1, 0.15) is 11.8 Å². The summed E-state index contributed by atoms with van der Waals surface area (Å²) >= 11 is 4.84. The van der Waals surface area contributed by atoms with Gasteiger partial charge in [-0.25, -0.2) is 4.79 Å². The van der Waals surface area contributed by atoms with E-state index in [0.717, 1.165) is 0 Å². The molecule has 1 aromatic rings. The zero-order valence-corrected chi connectivity index (χ0v) is 8.84. The fraction of sp³-hybridized carbons (Fsp3) is 0. The Bertz CT molecular complexity index is 230. The second kappa shape index (κ2) is 5.61. The molecule has 1 rings (SSSR count). The minimum atomic E-state index is -0.526. The Morgan fingerprint density at radius 1 is 1.36 bits per heavy atom. The first-order valence-electron chi connectivity index (χ1n) is 2.72. The van der Waals surface area contributed by atoms with E-state index in [-0.39, 0.29) is 31.0 Å². The van der Waals surface area contributed by atoms with Crippen LogP contribution in [0.5, 0.6) is 0 Å². The van der Waals surface area contributed by atoms with Crippen molar-refractivity contribution >= 4 is 17.8 Å². The van der Waals surface area contributed by atoms with Gasteiger partial charge in [0.1, 0.15) is 11.9 Å². The van der Waals surface area contributed by atoms with Crippen molar-refractivity contribution in [3.63, 3.8) is 0 Å². The molecule has 0 heterocycles. The summed E-state index contributed by atoms with van der Waals surface area (Å²) in [5.74, 6) is -0.526. The molecular formula is C7H6ClNaO2. The van der Waals surface area contributed by atoms with Crippen LogP contribution in [0.3, 0.4) is 0 Å². The van der Waals surface area contributed by atoms with Gasteiger partial charge in [-0.05, 0) is 12.1 Å². The summed E-state index contributed by atoms with van der Waals surface area (Å²) in [5.41, 5.74) is 0.456. The van der Waals surface area contributed by atoms with Crippen molar-refractivity contribution < 1.29 is 40.1 Å². The quantitative estimate of drug-likeness (QED) is 0.525. The van der Waals surface area contributed by atoms with E-state index < -0.39 is 5.97 Å². The molecule has 2 nitrogen and oxygen atoms in total. The third-order valence-corrected chi connectivity index (χ3v) is 1.22. The molecule has 0 aliphatic heterocycles. The van der Waals surface area contributed by atoms with Crippen LogP contribution in [0.25, 0.3) is 0 Å². The molecule has 0 saturated heterocycles. The predicted molar refractivity (Wildman–Crippen MR) is 38.8 cm³/mol. The van der Waals surface area contributed by atoms with Gasteiger partial charge >= 0.3 is 35.5 Å². The van der Waals surface area contributed by atoms with E-state index in [1.165, 1.54) is 0 Å². The molecular weight excluding hydrogens is 175 g/mol. The molecule has 4 heteroatoms. The first-order valence-corrected chi connectivity index (χ1v) is 3.03. The minimum Gasteiger partial charge on any atom is -1.00 e. The van der Waals surface area contributed by atoms with Gasteiger partial charge in [-0.2, -0.15) is 0 Å². The maximum absolute atomic E-state index is 10.7. The molecule has 0 spiro atoms. The van der Waals surface area contributed by atoms with Crippen LogP contribution in [0, 0.1) is 0 Å². The summed E-state index contributed by atoms with van der Waals surface area (Å²) < 4.78 is 3.97. The van der Waals surface area contributed by atoms with E-state index in [4.69, 9.17) is 11.9 Å². The molecule has 1 aromatic carbocycles. The SMILES string of the molecule is O=C(OCl)c1ccccc1.[H-].[Na+]. The molecule has 0 fully saturated rings. The third kappa shape index (κ3) is 3.25. The predicted octanol–water partition coefficient (Wildman–Crippen LogP) is -0.886. The number of hydrogen-bond donors (Lipinski definition) is 0. The molecule has 0 unspecified atom stereocenters. The van der Waals surface area contributed by atoms with E-state index in [1.807, 2.05) is 6.07 Å². The van der Waals surface area contributed by atoms with E-state index in [9.17, 15) is 4.79 Å². The van der Waals surface area contributed by atoms with Gasteiger partial charge in [0.25, 0.3) is 0 Å². The molecule has 0 N–H and O–H groups in total. The van der Waals surface area contributed by atoms with Gasteiger partial charge in [0.15, 0.2) is 0 Å². The molecule has 54 valence electrons. The Kier molecular flexibility index (Phi) is 5.60. The first-order chi connectivity index (χ1) is 4.84. The number of benzene rings is 1. The molecule has 11 heavy (non-hydrogen) atoms.